The average Bonchev–Trinajstić information content (AvgIpc) is 3.49. The summed E-state index contributed by atoms with van der Waals surface area (Å²) >= 11 is 0. The first kappa shape index (κ1) is 39.0. The fraction of sp³-hybridized carbons (Fsp3) is 0.667. The molecule has 268 valence electrons. The van der Waals surface area contributed by atoms with Gasteiger partial charge in [0.05, 0.1) is 12.0 Å². The molecule has 0 spiro atoms. The molecule has 2 fully saturated rings. The lowest BCUT2D eigenvalue weighted by Gasteiger charge is -2.51. The second-order valence-electron chi connectivity index (χ2n) is 15.1. The van der Waals surface area contributed by atoms with Gasteiger partial charge in [-0.25, -0.2) is 4.79 Å². The Morgan fingerprint density at radius 3 is 2.25 bits per heavy atom. The second kappa shape index (κ2) is 17.3. The third-order valence-corrected chi connectivity index (χ3v) is 9.38. The standard InChI is InChI=1S/C36H58N6O6/c1-24(2)20-27(39-34(46)47)17-16-26(21-25-12-8-7-9-13-25)33(45)41-19-11-15-30(41)32(44)40-29(14-10-18-37)31(43)38-28-22-35(3,4)42(48)36(5,6)23-28/h7-9,12-13,16-17,24,26-30,39,48H,10-11,14-15,18-23,37H2,1-6H3,(H,38,43)(H,40,44)(H,46,47)/b17-16+/t26?,27?,29?,30-/m0/s1. The minimum Gasteiger partial charge on any atom is -0.465 e. The van der Waals surface area contributed by atoms with Crippen LogP contribution in [-0.4, -0.2) is 92.4 Å². The number of nitrogens with one attached hydrogen (secondary N) is 3. The van der Waals surface area contributed by atoms with E-state index in [1.165, 1.54) is 5.06 Å². The second-order valence-corrected chi connectivity index (χ2v) is 15.1. The summed E-state index contributed by atoms with van der Waals surface area (Å²) in [7, 11) is 0. The van der Waals surface area contributed by atoms with E-state index in [0.717, 1.165) is 5.56 Å². The molecule has 3 rings (SSSR count). The van der Waals surface area contributed by atoms with Crippen LogP contribution in [-0.2, 0) is 20.8 Å². The van der Waals surface area contributed by atoms with Gasteiger partial charge < -0.3 is 36.9 Å². The fourth-order valence-corrected chi connectivity index (χ4v) is 7.28. The molecule has 0 aliphatic carbocycles. The quantitative estimate of drug-likeness (QED) is 0.153. The van der Waals surface area contributed by atoms with E-state index in [2.05, 4.69) is 16.0 Å². The zero-order chi connectivity index (χ0) is 35.6. The molecular formula is C36H58N6O6. The summed E-state index contributed by atoms with van der Waals surface area (Å²) in [5.74, 6) is -1.29. The zero-order valence-electron chi connectivity index (χ0n) is 29.6. The molecule has 3 unspecified atom stereocenters. The molecule has 4 atom stereocenters. The Morgan fingerprint density at radius 1 is 1.02 bits per heavy atom. The first-order valence-corrected chi connectivity index (χ1v) is 17.4. The highest BCUT2D eigenvalue weighted by Gasteiger charge is 2.46. The smallest absolute Gasteiger partial charge is 0.405 e. The van der Waals surface area contributed by atoms with Crippen LogP contribution in [0.25, 0.3) is 0 Å². The summed E-state index contributed by atoms with van der Waals surface area (Å²) in [4.78, 5) is 54.7. The predicted molar refractivity (Wildman–Crippen MR) is 185 cm³/mol. The third-order valence-electron chi connectivity index (χ3n) is 9.38. The number of carbonyl (C=O) groups is 4. The van der Waals surface area contributed by atoms with Gasteiger partial charge in [-0.05, 0) is 97.1 Å². The number of rotatable bonds is 15. The Kier molecular flexibility index (Phi) is 14.0. The normalized spacial score (nSPS) is 21.5. The van der Waals surface area contributed by atoms with Crippen molar-refractivity contribution in [2.24, 2.45) is 17.6 Å². The van der Waals surface area contributed by atoms with E-state index < -0.39 is 41.2 Å². The summed E-state index contributed by atoms with van der Waals surface area (Å²) in [6.45, 7) is 12.5. The molecule has 1 aromatic carbocycles. The van der Waals surface area contributed by atoms with Crippen molar-refractivity contribution in [1.29, 1.82) is 0 Å². The lowest BCUT2D eigenvalue weighted by atomic mass is 9.79. The number of hydroxylamine groups is 2. The Morgan fingerprint density at radius 2 is 1.67 bits per heavy atom. The van der Waals surface area contributed by atoms with Gasteiger partial charge in [-0.15, -0.1) is 0 Å². The van der Waals surface area contributed by atoms with E-state index in [-0.39, 0.29) is 29.7 Å². The molecular weight excluding hydrogens is 612 g/mol. The fourth-order valence-electron chi connectivity index (χ4n) is 7.28. The van der Waals surface area contributed by atoms with E-state index in [9.17, 15) is 29.5 Å². The van der Waals surface area contributed by atoms with Crippen LogP contribution in [0, 0.1) is 11.8 Å². The minimum absolute atomic E-state index is 0.201. The molecule has 0 saturated carbocycles. The maximum Gasteiger partial charge on any atom is 0.405 e. The van der Waals surface area contributed by atoms with Crippen molar-refractivity contribution in [3.63, 3.8) is 0 Å². The molecule has 2 saturated heterocycles. The number of hydrogen-bond donors (Lipinski definition) is 6. The van der Waals surface area contributed by atoms with Gasteiger partial charge in [-0.2, -0.15) is 5.06 Å². The number of hydrogen-bond acceptors (Lipinski definition) is 7. The van der Waals surface area contributed by atoms with Crippen molar-refractivity contribution < 1.29 is 29.5 Å². The highest BCUT2D eigenvalue weighted by atomic mass is 16.5. The van der Waals surface area contributed by atoms with Gasteiger partial charge in [0, 0.05) is 23.7 Å². The van der Waals surface area contributed by atoms with E-state index in [4.69, 9.17) is 5.73 Å². The Bertz CT molecular complexity index is 1250. The van der Waals surface area contributed by atoms with Crippen LogP contribution in [0.1, 0.15) is 92.1 Å². The molecule has 7 N–H and O–H groups in total. The monoisotopic (exact) mass is 670 g/mol. The summed E-state index contributed by atoms with van der Waals surface area (Å²) in [6.07, 6.45) is 6.43. The maximum atomic E-state index is 14.2. The van der Waals surface area contributed by atoms with Crippen molar-refractivity contribution in [3.8, 4) is 0 Å². The largest absolute Gasteiger partial charge is 0.465 e. The molecule has 0 radical (unpaired) electrons. The zero-order valence-corrected chi connectivity index (χ0v) is 29.6. The van der Waals surface area contributed by atoms with E-state index >= 15 is 0 Å². The van der Waals surface area contributed by atoms with Crippen LogP contribution < -0.4 is 21.7 Å². The lowest BCUT2D eigenvalue weighted by molar-refractivity contribution is -0.246. The van der Waals surface area contributed by atoms with Gasteiger partial charge in [0.1, 0.15) is 12.1 Å². The Labute approximate surface area is 285 Å². The van der Waals surface area contributed by atoms with Crippen LogP contribution in [0.5, 0.6) is 0 Å². The molecule has 2 aliphatic rings. The number of carboxylic acid groups (broad SMARTS) is 1. The lowest BCUT2D eigenvalue weighted by Crippen LogP contribution is -2.64. The molecule has 0 bridgehead atoms. The van der Waals surface area contributed by atoms with Gasteiger partial charge >= 0.3 is 6.09 Å². The predicted octanol–water partition coefficient (Wildman–Crippen LogP) is 3.83. The first-order valence-electron chi connectivity index (χ1n) is 17.4. The minimum atomic E-state index is -1.13. The summed E-state index contributed by atoms with van der Waals surface area (Å²) in [5.41, 5.74) is 5.63. The van der Waals surface area contributed by atoms with Gasteiger partial charge in [-0.1, -0.05) is 56.3 Å². The molecule has 12 nitrogen and oxygen atoms in total. The topological polar surface area (TPSA) is 177 Å². The SMILES string of the molecule is CC(C)CC(/C=C/C(Cc1ccccc1)C(=O)N1CCC[C@H]1C(=O)NC(CCCN)C(=O)NC1CC(C)(C)N(O)C(C)(C)C1)NC(=O)O. The number of benzene rings is 1. The molecule has 4 amide bonds. The third kappa shape index (κ3) is 11.0. The van der Waals surface area contributed by atoms with Crippen molar-refractivity contribution in [2.75, 3.05) is 13.1 Å². The van der Waals surface area contributed by atoms with Gasteiger partial charge in [-0.3, -0.25) is 14.4 Å². The van der Waals surface area contributed by atoms with E-state index in [0.29, 0.717) is 64.5 Å². The molecule has 0 aromatic heterocycles. The summed E-state index contributed by atoms with van der Waals surface area (Å²) < 4.78 is 0. The number of carbonyl (C=O) groups excluding carboxylic acids is 3. The molecule has 1 aromatic rings. The van der Waals surface area contributed by atoms with Crippen LogP contribution >= 0.6 is 0 Å². The van der Waals surface area contributed by atoms with Crippen LogP contribution in [0.2, 0.25) is 0 Å². The average molecular weight is 671 g/mol. The van der Waals surface area contributed by atoms with Gasteiger partial charge in [0.15, 0.2) is 0 Å². The van der Waals surface area contributed by atoms with Crippen LogP contribution in [0.15, 0.2) is 42.5 Å². The van der Waals surface area contributed by atoms with Crippen molar-refractivity contribution in [1.82, 2.24) is 25.9 Å². The Hall–Kier alpha value is -3.48. The van der Waals surface area contributed by atoms with Crippen molar-refractivity contribution >= 4 is 23.8 Å². The number of nitrogens with two attached hydrogens (primary N) is 1. The first-order chi connectivity index (χ1) is 22.5. The van der Waals surface area contributed by atoms with E-state index in [1.807, 2.05) is 71.9 Å². The van der Waals surface area contributed by atoms with Crippen molar-refractivity contribution in [3.05, 3.63) is 48.0 Å². The van der Waals surface area contributed by atoms with Crippen LogP contribution in [0.4, 0.5) is 4.79 Å². The highest BCUT2D eigenvalue weighted by molar-refractivity contribution is 5.93. The van der Waals surface area contributed by atoms with Crippen LogP contribution in [0.3, 0.4) is 0 Å². The number of nitrogens with zero attached hydrogens (tertiary/aromatic N) is 2. The van der Waals surface area contributed by atoms with E-state index in [1.54, 1.807) is 17.1 Å². The van der Waals surface area contributed by atoms with Gasteiger partial charge in [0.2, 0.25) is 17.7 Å². The number of amides is 4. The number of piperidine rings is 1. The molecule has 2 heterocycles. The maximum absolute atomic E-state index is 14.2. The Balaban J connectivity index is 1.78. The molecule has 2 aliphatic heterocycles. The molecule has 48 heavy (non-hydrogen) atoms. The summed E-state index contributed by atoms with van der Waals surface area (Å²) in [5, 5.41) is 30.0. The molecule has 12 heteroatoms. The highest BCUT2D eigenvalue weighted by Crippen LogP contribution is 2.36. The van der Waals surface area contributed by atoms with Crippen molar-refractivity contribution in [2.45, 2.75) is 128 Å². The summed E-state index contributed by atoms with van der Waals surface area (Å²) in [6, 6.07) is 7.37. The van der Waals surface area contributed by atoms with Gasteiger partial charge in [0.25, 0.3) is 0 Å². The number of likely N-dealkylation sites (tertiary alicyclic amines) is 1.